The number of nitrogens with one attached hydrogen (secondary N) is 1. The second-order valence-electron chi connectivity index (χ2n) is 13.3. The molecule has 0 saturated carbocycles. The monoisotopic (exact) mass is 590 g/mol. The summed E-state index contributed by atoms with van der Waals surface area (Å²) in [6.07, 6.45) is 4.98. The Morgan fingerprint density at radius 3 is 2.74 bits per heavy atom. The quantitative estimate of drug-likeness (QED) is 0.234. The number of carbonyl (C=O) groups is 1. The van der Waals surface area contributed by atoms with Crippen LogP contribution in [0.4, 0.5) is 10.6 Å². The maximum atomic E-state index is 13.6. The van der Waals surface area contributed by atoms with Gasteiger partial charge in [-0.25, -0.2) is 19.7 Å². The number of amides is 2. The number of pyridine rings is 1. The van der Waals surface area contributed by atoms with Crippen molar-refractivity contribution in [2.45, 2.75) is 77.2 Å². The highest BCUT2D eigenvalue weighted by Crippen LogP contribution is 2.44. The summed E-state index contributed by atoms with van der Waals surface area (Å²) in [5.74, 6) is 0.412. The van der Waals surface area contributed by atoms with Crippen LogP contribution in [-0.2, 0) is 28.3 Å². The molecule has 3 N–H and O–H groups in total. The number of nitrogens with two attached hydrogens (primary N) is 1. The van der Waals surface area contributed by atoms with E-state index in [0.29, 0.717) is 45.5 Å². The van der Waals surface area contributed by atoms with Gasteiger partial charge in [-0.2, -0.15) is 0 Å². The molecule has 42 heavy (non-hydrogen) atoms. The minimum atomic E-state index is -1.25. The number of rotatable bonds is 7. The lowest BCUT2D eigenvalue weighted by atomic mass is 9.99. The van der Waals surface area contributed by atoms with Crippen molar-refractivity contribution in [1.82, 2.24) is 34.3 Å². The van der Waals surface area contributed by atoms with Gasteiger partial charge >= 0.3 is 6.03 Å². The standard InChI is InChI=1S/C30H42N8O3Si/c1-30(2)17-36(29(39)35-21-8-11-40-12-9-21)16-23-24(25-26(31)33-18-34-28(25)38(23)30)22-15-20-7-6-10-32-27(20)37(22)19-41-13-14-42(3,4)5/h6-7,10,15,18,21H,8-9,11-14,16-17,19H2,1-5H3,(H,35,39)(H2,31,33,34). The van der Waals surface area contributed by atoms with E-state index in [2.05, 4.69) is 65.1 Å². The van der Waals surface area contributed by atoms with Crippen LogP contribution in [0.3, 0.4) is 0 Å². The number of hydrogen-bond acceptors (Lipinski definition) is 7. The fourth-order valence-corrected chi connectivity index (χ4v) is 7.00. The third kappa shape index (κ3) is 5.38. The number of hydrogen-bond donors (Lipinski definition) is 2. The highest BCUT2D eigenvalue weighted by molar-refractivity contribution is 6.76. The van der Waals surface area contributed by atoms with Crippen molar-refractivity contribution in [3.05, 3.63) is 36.4 Å². The van der Waals surface area contributed by atoms with E-state index in [4.69, 9.17) is 25.2 Å². The molecule has 2 aliphatic heterocycles. The van der Waals surface area contributed by atoms with Gasteiger partial charge in [-0.05, 0) is 50.9 Å². The summed E-state index contributed by atoms with van der Waals surface area (Å²) in [5.41, 5.74) is 10.6. The summed E-state index contributed by atoms with van der Waals surface area (Å²) in [6, 6.07) is 7.27. The van der Waals surface area contributed by atoms with E-state index in [1.54, 1.807) is 6.20 Å². The average molecular weight is 591 g/mol. The molecule has 0 atom stereocenters. The van der Waals surface area contributed by atoms with Crippen LogP contribution in [0.5, 0.6) is 0 Å². The molecule has 0 aliphatic carbocycles. The molecule has 4 aromatic heterocycles. The average Bonchev–Trinajstić information content (AvgIpc) is 3.47. The SMILES string of the molecule is CC1(C)CN(C(=O)NC2CCOCC2)Cc2c(-c3cc4cccnc4n3COCC[Si](C)(C)C)c3c(N)ncnc3n21. The Morgan fingerprint density at radius 1 is 1.19 bits per heavy atom. The van der Waals surface area contributed by atoms with Crippen molar-refractivity contribution >= 4 is 42.0 Å². The van der Waals surface area contributed by atoms with Crippen molar-refractivity contribution < 1.29 is 14.3 Å². The van der Waals surface area contributed by atoms with Gasteiger partial charge in [-0.15, -0.1) is 0 Å². The van der Waals surface area contributed by atoms with Crippen molar-refractivity contribution in [3.63, 3.8) is 0 Å². The van der Waals surface area contributed by atoms with Crippen molar-refractivity contribution in [2.24, 2.45) is 0 Å². The summed E-state index contributed by atoms with van der Waals surface area (Å²) in [6.45, 7) is 14.7. The summed E-state index contributed by atoms with van der Waals surface area (Å²) in [4.78, 5) is 29.4. The van der Waals surface area contributed by atoms with E-state index in [0.717, 1.165) is 57.9 Å². The largest absolute Gasteiger partial charge is 0.383 e. The molecule has 0 radical (unpaired) electrons. The van der Waals surface area contributed by atoms with Crippen LogP contribution in [0.25, 0.3) is 33.3 Å². The number of aromatic nitrogens is 5. The Balaban J connectivity index is 1.46. The molecule has 1 fully saturated rings. The predicted molar refractivity (Wildman–Crippen MR) is 167 cm³/mol. The molecule has 4 aromatic rings. The van der Waals surface area contributed by atoms with Crippen LogP contribution < -0.4 is 11.1 Å². The maximum absolute atomic E-state index is 13.6. The first-order valence-corrected chi connectivity index (χ1v) is 18.5. The van der Waals surface area contributed by atoms with Gasteiger partial charge in [-0.3, -0.25) is 0 Å². The summed E-state index contributed by atoms with van der Waals surface area (Å²) in [5, 5.41) is 5.05. The second kappa shape index (κ2) is 11.0. The molecule has 2 amide bonds. The number of nitrogen functional groups attached to an aromatic ring is 1. The van der Waals surface area contributed by atoms with E-state index in [1.807, 2.05) is 11.0 Å². The van der Waals surface area contributed by atoms with E-state index in [1.165, 1.54) is 6.33 Å². The van der Waals surface area contributed by atoms with Crippen LogP contribution >= 0.6 is 0 Å². The van der Waals surface area contributed by atoms with Gasteiger partial charge in [0.15, 0.2) is 0 Å². The van der Waals surface area contributed by atoms with Gasteiger partial charge in [0.25, 0.3) is 0 Å². The lowest BCUT2D eigenvalue weighted by Gasteiger charge is -2.41. The summed E-state index contributed by atoms with van der Waals surface area (Å²) in [7, 11) is -1.25. The Hall–Kier alpha value is -3.48. The molecule has 224 valence electrons. The van der Waals surface area contributed by atoms with Crippen molar-refractivity contribution in [2.75, 3.05) is 32.1 Å². The zero-order valence-corrected chi connectivity index (χ0v) is 26.3. The maximum Gasteiger partial charge on any atom is 0.318 e. The lowest BCUT2D eigenvalue weighted by Crippen LogP contribution is -2.54. The van der Waals surface area contributed by atoms with Gasteiger partial charge in [0.1, 0.15) is 30.2 Å². The summed E-state index contributed by atoms with van der Waals surface area (Å²) < 4.78 is 16.1. The molecule has 1 saturated heterocycles. The van der Waals surface area contributed by atoms with E-state index in [9.17, 15) is 4.79 Å². The first-order chi connectivity index (χ1) is 20.0. The van der Waals surface area contributed by atoms with Crippen LogP contribution in [0.1, 0.15) is 32.4 Å². The van der Waals surface area contributed by atoms with Crippen LogP contribution in [0, 0.1) is 0 Å². The molecule has 0 spiro atoms. The Kier molecular flexibility index (Phi) is 7.48. The van der Waals surface area contributed by atoms with Gasteiger partial charge in [0, 0.05) is 63.3 Å². The molecule has 6 rings (SSSR count). The topological polar surface area (TPSA) is 125 Å². The lowest BCUT2D eigenvalue weighted by molar-refractivity contribution is 0.0756. The Morgan fingerprint density at radius 2 is 1.98 bits per heavy atom. The number of urea groups is 1. The van der Waals surface area contributed by atoms with Crippen molar-refractivity contribution in [3.8, 4) is 11.3 Å². The van der Waals surface area contributed by atoms with E-state index in [-0.39, 0.29) is 12.1 Å². The molecule has 0 unspecified atom stereocenters. The Bertz CT molecular complexity index is 1620. The third-order valence-corrected chi connectivity index (χ3v) is 10.1. The Labute approximate surface area is 247 Å². The molecule has 6 heterocycles. The first-order valence-electron chi connectivity index (χ1n) is 14.8. The van der Waals surface area contributed by atoms with E-state index >= 15 is 0 Å². The fourth-order valence-electron chi connectivity index (χ4n) is 6.25. The number of anilines is 1. The molecular formula is C30H42N8O3Si. The molecule has 12 heteroatoms. The fraction of sp³-hybridized carbons (Fsp3) is 0.533. The van der Waals surface area contributed by atoms with Crippen LogP contribution in [-0.4, -0.2) is 75.5 Å². The number of ether oxygens (including phenoxy) is 2. The first kappa shape index (κ1) is 28.6. The predicted octanol–water partition coefficient (Wildman–Crippen LogP) is 4.78. The second-order valence-corrected chi connectivity index (χ2v) is 19.0. The highest BCUT2D eigenvalue weighted by atomic mass is 28.3. The zero-order valence-electron chi connectivity index (χ0n) is 25.3. The van der Waals surface area contributed by atoms with Gasteiger partial charge in [0.05, 0.1) is 23.2 Å². The molecule has 0 aromatic carbocycles. The number of fused-ring (bicyclic) bond motifs is 4. The molecule has 0 bridgehead atoms. The van der Waals surface area contributed by atoms with Crippen molar-refractivity contribution in [1.29, 1.82) is 0 Å². The molecule has 11 nitrogen and oxygen atoms in total. The summed E-state index contributed by atoms with van der Waals surface area (Å²) >= 11 is 0. The minimum Gasteiger partial charge on any atom is -0.383 e. The van der Waals surface area contributed by atoms with Gasteiger partial charge in [0.2, 0.25) is 0 Å². The van der Waals surface area contributed by atoms with Crippen LogP contribution in [0.2, 0.25) is 25.7 Å². The van der Waals surface area contributed by atoms with E-state index < -0.39 is 13.6 Å². The normalized spacial score (nSPS) is 17.6. The number of nitrogens with zero attached hydrogens (tertiary/aromatic N) is 6. The molecule has 2 aliphatic rings. The van der Waals surface area contributed by atoms with Gasteiger partial charge in [-0.1, -0.05) is 19.6 Å². The smallest absolute Gasteiger partial charge is 0.318 e. The highest BCUT2D eigenvalue weighted by Gasteiger charge is 2.39. The van der Waals surface area contributed by atoms with Crippen LogP contribution in [0.15, 0.2) is 30.7 Å². The minimum absolute atomic E-state index is 0.0617. The third-order valence-electron chi connectivity index (χ3n) is 8.37. The number of carbonyl (C=O) groups excluding carboxylic acids is 1. The molecular weight excluding hydrogens is 548 g/mol. The van der Waals surface area contributed by atoms with Gasteiger partial charge < -0.3 is 34.6 Å². The zero-order chi connectivity index (χ0) is 29.6.